The van der Waals surface area contributed by atoms with Crippen LogP contribution in [0, 0.1) is 5.92 Å². The van der Waals surface area contributed by atoms with E-state index in [0.29, 0.717) is 12.5 Å². The van der Waals surface area contributed by atoms with Crippen molar-refractivity contribution in [2.45, 2.75) is 32.9 Å². The first-order valence-corrected chi connectivity index (χ1v) is 6.98. The van der Waals surface area contributed by atoms with Crippen LogP contribution < -0.4 is 5.73 Å². The van der Waals surface area contributed by atoms with Crippen molar-refractivity contribution in [1.82, 2.24) is 14.5 Å². The molecule has 19 heavy (non-hydrogen) atoms. The van der Waals surface area contributed by atoms with Gasteiger partial charge in [-0.05, 0) is 26.4 Å². The predicted molar refractivity (Wildman–Crippen MR) is 78.0 cm³/mol. The molecule has 1 atom stereocenters. The van der Waals surface area contributed by atoms with E-state index < -0.39 is 0 Å². The number of ether oxygens (including phenoxy) is 1. The van der Waals surface area contributed by atoms with E-state index in [1.807, 2.05) is 26.6 Å². The van der Waals surface area contributed by atoms with Gasteiger partial charge in [-0.3, -0.25) is 0 Å². The third kappa shape index (κ3) is 6.18. The molecular formula is C14H28N4O. The molecule has 0 fully saturated rings. The van der Waals surface area contributed by atoms with Gasteiger partial charge >= 0.3 is 0 Å². The molecule has 1 aromatic rings. The summed E-state index contributed by atoms with van der Waals surface area (Å²) in [5.41, 5.74) is 7.30. The molecule has 0 radical (unpaired) electrons. The van der Waals surface area contributed by atoms with Gasteiger partial charge in [0.25, 0.3) is 0 Å². The Morgan fingerprint density at radius 2 is 2.11 bits per heavy atom. The van der Waals surface area contributed by atoms with Crippen molar-refractivity contribution >= 4 is 0 Å². The van der Waals surface area contributed by atoms with Crippen LogP contribution in [-0.4, -0.2) is 48.3 Å². The van der Waals surface area contributed by atoms with Crippen molar-refractivity contribution in [2.24, 2.45) is 11.7 Å². The molecule has 0 aliphatic carbocycles. The molecule has 5 heteroatoms. The Bertz CT molecular complexity index is 349. The SMILES string of the molecule is CC(C)CC(N)c1cncn1CCOCCN(C)C. The minimum absolute atomic E-state index is 0.0595. The Morgan fingerprint density at radius 1 is 1.37 bits per heavy atom. The number of nitrogens with two attached hydrogens (primary N) is 1. The number of imidazole rings is 1. The average Bonchev–Trinajstić information content (AvgIpc) is 2.75. The monoisotopic (exact) mass is 268 g/mol. The molecule has 5 nitrogen and oxygen atoms in total. The van der Waals surface area contributed by atoms with Crippen LogP contribution in [0.25, 0.3) is 0 Å². The van der Waals surface area contributed by atoms with Crippen LogP contribution in [0.4, 0.5) is 0 Å². The molecular weight excluding hydrogens is 240 g/mol. The van der Waals surface area contributed by atoms with E-state index in [1.165, 1.54) is 0 Å². The average molecular weight is 268 g/mol. The highest BCUT2D eigenvalue weighted by Crippen LogP contribution is 2.18. The van der Waals surface area contributed by atoms with E-state index >= 15 is 0 Å². The minimum Gasteiger partial charge on any atom is -0.378 e. The molecule has 1 unspecified atom stereocenters. The first-order chi connectivity index (χ1) is 9.00. The summed E-state index contributed by atoms with van der Waals surface area (Å²) < 4.78 is 7.70. The molecule has 0 amide bonds. The molecule has 0 bridgehead atoms. The maximum Gasteiger partial charge on any atom is 0.0949 e. The fraction of sp³-hybridized carbons (Fsp3) is 0.786. The molecule has 1 rings (SSSR count). The van der Waals surface area contributed by atoms with Gasteiger partial charge in [0.2, 0.25) is 0 Å². The Morgan fingerprint density at radius 3 is 2.74 bits per heavy atom. The van der Waals surface area contributed by atoms with Crippen LogP contribution in [0.1, 0.15) is 32.0 Å². The smallest absolute Gasteiger partial charge is 0.0949 e. The highest BCUT2D eigenvalue weighted by Gasteiger charge is 2.12. The van der Waals surface area contributed by atoms with Crippen LogP contribution >= 0.6 is 0 Å². The lowest BCUT2D eigenvalue weighted by molar-refractivity contribution is 0.110. The van der Waals surface area contributed by atoms with Gasteiger partial charge in [-0.2, -0.15) is 0 Å². The predicted octanol–water partition coefficient (Wildman–Crippen LogP) is 1.51. The van der Waals surface area contributed by atoms with Crippen molar-refractivity contribution in [1.29, 1.82) is 0 Å². The Kier molecular flexibility index (Phi) is 7.05. The normalized spacial score (nSPS) is 13.4. The quantitative estimate of drug-likeness (QED) is 0.690. The summed E-state index contributed by atoms with van der Waals surface area (Å²) >= 11 is 0. The lowest BCUT2D eigenvalue weighted by atomic mass is 10.0. The van der Waals surface area contributed by atoms with Crippen LogP contribution in [0.3, 0.4) is 0 Å². The van der Waals surface area contributed by atoms with Crippen LogP contribution in [0.5, 0.6) is 0 Å². The first-order valence-electron chi connectivity index (χ1n) is 6.98. The zero-order valence-corrected chi connectivity index (χ0v) is 12.7. The fourth-order valence-corrected chi connectivity index (χ4v) is 1.97. The topological polar surface area (TPSA) is 56.3 Å². The standard InChI is InChI=1S/C14H28N4O/c1-12(2)9-13(15)14-10-16-11-18(14)6-8-19-7-5-17(3)4/h10-13H,5-9,15H2,1-4H3. The molecule has 0 aromatic carbocycles. The van der Waals surface area contributed by atoms with Crippen molar-refractivity contribution in [3.8, 4) is 0 Å². The number of rotatable bonds is 9. The number of hydrogen-bond acceptors (Lipinski definition) is 4. The lowest BCUT2D eigenvalue weighted by Crippen LogP contribution is -2.21. The maximum absolute atomic E-state index is 6.20. The second kappa shape index (κ2) is 8.30. The first kappa shape index (κ1) is 16.1. The molecule has 0 aliphatic heterocycles. The molecule has 1 aromatic heterocycles. The minimum atomic E-state index is 0.0595. The summed E-state index contributed by atoms with van der Waals surface area (Å²) in [5.74, 6) is 0.592. The van der Waals surface area contributed by atoms with Crippen molar-refractivity contribution in [3.05, 3.63) is 18.2 Å². The molecule has 0 saturated carbocycles. The summed E-state index contributed by atoms with van der Waals surface area (Å²) in [6.45, 7) is 7.59. The van der Waals surface area contributed by atoms with Crippen LogP contribution in [0.15, 0.2) is 12.5 Å². The van der Waals surface area contributed by atoms with Gasteiger partial charge in [-0.15, -0.1) is 0 Å². The second-order valence-corrected chi connectivity index (χ2v) is 5.66. The number of aromatic nitrogens is 2. The van der Waals surface area contributed by atoms with E-state index in [2.05, 4.69) is 28.3 Å². The summed E-state index contributed by atoms with van der Waals surface area (Å²) in [6, 6.07) is 0.0595. The van der Waals surface area contributed by atoms with Crippen molar-refractivity contribution in [3.63, 3.8) is 0 Å². The van der Waals surface area contributed by atoms with Gasteiger partial charge in [0, 0.05) is 25.3 Å². The van der Waals surface area contributed by atoms with E-state index in [9.17, 15) is 0 Å². The summed E-state index contributed by atoms with van der Waals surface area (Å²) in [6.07, 6.45) is 4.69. The van der Waals surface area contributed by atoms with Crippen molar-refractivity contribution in [2.75, 3.05) is 33.9 Å². The molecule has 0 spiro atoms. The largest absolute Gasteiger partial charge is 0.378 e. The van der Waals surface area contributed by atoms with Gasteiger partial charge in [-0.1, -0.05) is 13.8 Å². The zero-order valence-electron chi connectivity index (χ0n) is 12.7. The highest BCUT2D eigenvalue weighted by molar-refractivity contribution is 5.04. The molecule has 0 aliphatic rings. The zero-order chi connectivity index (χ0) is 14.3. The number of nitrogens with zero attached hydrogens (tertiary/aromatic N) is 3. The summed E-state index contributed by atoms with van der Waals surface area (Å²) in [4.78, 5) is 6.31. The van der Waals surface area contributed by atoms with E-state index in [0.717, 1.165) is 31.8 Å². The molecule has 0 saturated heterocycles. The van der Waals surface area contributed by atoms with Crippen molar-refractivity contribution < 1.29 is 4.74 Å². The lowest BCUT2D eigenvalue weighted by Gasteiger charge is -2.16. The maximum atomic E-state index is 6.20. The van der Waals surface area contributed by atoms with Gasteiger partial charge in [0.1, 0.15) is 0 Å². The molecule has 110 valence electrons. The second-order valence-electron chi connectivity index (χ2n) is 5.66. The van der Waals surface area contributed by atoms with E-state index in [4.69, 9.17) is 10.5 Å². The number of hydrogen-bond donors (Lipinski definition) is 1. The van der Waals surface area contributed by atoms with Gasteiger partial charge in [0.05, 0.1) is 25.2 Å². The van der Waals surface area contributed by atoms with Gasteiger partial charge in [0.15, 0.2) is 0 Å². The number of likely N-dealkylation sites (N-methyl/N-ethyl adjacent to an activating group) is 1. The van der Waals surface area contributed by atoms with Gasteiger partial charge in [-0.25, -0.2) is 4.98 Å². The van der Waals surface area contributed by atoms with Crippen LogP contribution in [-0.2, 0) is 11.3 Å². The fourth-order valence-electron chi connectivity index (χ4n) is 1.97. The van der Waals surface area contributed by atoms with Gasteiger partial charge < -0.3 is 19.9 Å². The highest BCUT2D eigenvalue weighted by atomic mass is 16.5. The Labute approximate surface area is 116 Å². The summed E-state index contributed by atoms with van der Waals surface area (Å²) in [5, 5.41) is 0. The molecule has 2 N–H and O–H groups in total. The molecule has 1 heterocycles. The third-order valence-electron chi connectivity index (χ3n) is 3.01. The Hall–Kier alpha value is -0.910. The third-order valence-corrected chi connectivity index (χ3v) is 3.01. The van der Waals surface area contributed by atoms with Crippen LogP contribution in [0.2, 0.25) is 0 Å². The van der Waals surface area contributed by atoms with E-state index in [-0.39, 0.29) is 6.04 Å². The Balaban J connectivity index is 2.36. The summed E-state index contributed by atoms with van der Waals surface area (Å²) in [7, 11) is 4.09. The van der Waals surface area contributed by atoms with E-state index in [1.54, 1.807) is 0 Å².